The maximum absolute atomic E-state index is 13.8. The minimum Gasteiger partial charge on any atom is -0.493 e. The number of carbonyl (C=O) groups is 2. The highest BCUT2D eigenvalue weighted by Crippen LogP contribution is 2.40. The van der Waals surface area contributed by atoms with Gasteiger partial charge in [0.25, 0.3) is 11.8 Å². The van der Waals surface area contributed by atoms with E-state index in [4.69, 9.17) is 31.8 Å². The van der Waals surface area contributed by atoms with Crippen LogP contribution in [0, 0.1) is 6.92 Å². The number of rotatable bonds is 7. The van der Waals surface area contributed by atoms with Crippen molar-refractivity contribution in [3.63, 3.8) is 0 Å². The number of hydrogen-bond donors (Lipinski definition) is 1. The molecule has 4 aromatic rings. The summed E-state index contributed by atoms with van der Waals surface area (Å²) in [7, 11) is 1.42. The number of nitrogens with two attached hydrogens (primary N) is 1. The first-order valence-corrected chi connectivity index (χ1v) is 11.1. The molecule has 9 heteroatoms. The average molecular weight is 482 g/mol. The molecule has 2 amide bonds. The van der Waals surface area contributed by atoms with Gasteiger partial charge in [-0.2, -0.15) is 0 Å². The molecule has 0 fully saturated rings. The van der Waals surface area contributed by atoms with E-state index in [1.165, 1.54) is 30.6 Å². The van der Waals surface area contributed by atoms with Crippen molar-refractivity contribution in [1.29, 1.82) is 0 Å². The highest BCUT2D eigenvalue weighted by atomic mass is 35.5. The number of nitrogens with zero attached hydrogens (tertiary/aromatic N) is 2. The summed E-state index contributed by atoms with van der Waals surface area (Å²) >= 11 is 7.81. The molecule has 0 bridgehead atoms. The van der Waals surface area contributed by atoms with Gasteiger partial charge in [-0.1, -0.05) is 53.3 Å². The molecule has 0 saturated carbocycles. The molecule has 4 rings (SSSR count). The van der Waals surface area contributed by atoms with E-state index in [0.717, 1.165) is 15.8 Å². The number of ether oxygens (including phenoxy) is 2. The van der Waals surface area contributed by atoms with Crippen LogP contribution in [0.3, 0.4) is 0 Å². The van der Waals surface area contributed by atoms with Crippen LogP contribution in [0.2, 0.25) is 5.02 Å². The lowest BCUT2D eigenvalue weighted by molar-refractivity contribution is -0.119. The van der Waals surface area contributed by atoms with Gasteiger partial charge in [0.05, 0.1) is 28.0 Å². The fourth-order valence-electron chi connectivity index (χ4n) is 3.33. The standard InChI is InChI=1S/C24H20ClN3O4S/c1-14-7-3-5-9-18(14)28(24-27-17-8-4-6-10-20(17)33-24)23(30)15-11-16(25)22(19(12-15)31-2)32-13-21(26)29/h3-12H,13H2,1-2H3,(H2,26,29). The average Bonchev–Trinajstić information content (AvgIpc) is 3.22. The molecule has 1 aromatic heterocycles. The highest BCUT2D eigenvalue weighted by Gasteiger charge is 2.26. The van der Waals surface area contributed by atoms with E-state index in [2.05, 4.69) is 0 Å². The first-order chi connectivity index (χ1) is 15.9. The lowest BCUT2D eigenvalue weighted by Crippen LogP contribution is -2.26. The molecule has 3 aromatic carbocycles. The summed E-state index contributed by atoms with van der Waals surface area (Å²) in [5, 5.41) is 0.646. The van der Waals surface area contributed by atoms with Crippen molar-refractivity contribution in [3.8, 4) is 11.5 Å². The van der Waals surface area contributed by atoms with E-state index in [0.29, 0.717) is 10.8 Å². The smallest absolute Gasteiger partial charge is 0.264 e. The number of anilines is 2. The van der Waals surface area contributed by atoms with Gasteiger partial charge in [-0.05, 0) is 42.8 Å². The molecule has 1 heterocycles. The van der Waals surface area contributed by atoms with Crippen LogP contribution < -0.4 is 20.1 Å². The Balaban J connectivity index is 1.82. The van der Waals surface area contributed by atoms with Crippen molar-refractivity contribution < 1.29 is 19.1 Å². The van der Waals surface area contributed by atoms with E-state index < -0.39 is 5.91 Å². The molecule has 0 radical (unpaired) electrons. The molecule has 0 aliphatic carbocycles. The van der Waals surface area contributed by atoms with Crippen LogP contribution in [0.15, 0.2) is 60.7 Å². The zero-order valence-electron chi connectivity index (χ0n) is 17.9. The first-order valence-electron chi connectivity index (χ1n) is 9.93. The van der Waals surface area contributed by atoms with Crippen molar-refractivity contribution in [3.05, 3.63) is 76.8 Å². The Morgan fingerprint density at radius 3 is 2.55 bits per heavy atom. The molecule has 0 atom stereocenters. The van der Waals surface area contributed by atoms with Gasteiger partial charge in [0, 0.05) is 5.56 Å². The summed E-state index contributed by atoms with van der Waals surface area (Å²) in [6, 6.07) is 18.3. The summed E-state index contributed by atoms with van der Waals surface area (Å²) in [5.74, 6) is -0.655. The fourth-order valence-corrected chi connectivity index (χ4v) is 4.57. The molecule has 0 aliphatic heterocycles. The number of aromatic nitrogens is 1. The van der Waals surface area contributed by atoms with Gasteiger partial charge >= 0.3 is 0 Å². The van der Waals surface area contributed by atoms with Crippen molar-refractivity contribution in [2.45, 2.75) is 6.92 Å². The third-order valence-corrected chi connectivity index (χ3v) is 6.17. The second-order valence-corrected chi connectivity index (χ2v) is 8.55. The number of carbonyl (C=O) groups excluding carboxylic acids is 2. The van der Waals surface area contributed by atoms with Crippen molar-refractivity contribution >= 4 is 55.8 Å². The molecular formula is C24H20ClN3O4S. The Morgan fingerprint density at radius 2 is 1.85 bits per heavy atom. The lowest BCUT2D eigenvalue weighted by atomic mass is 10.1. The Bertz CT molecular complexity index is 1320. The quantitative estimate of drug-likeness (QED) is 0.396. The van der Waals surface area contributed by atoms with Gasteiger partial charge in [0.15, 0.2) is 23.2 Å². The van der Waals surface area contributed by atoms with Crippen LogP contribution in [0.25, 0.3) is 10.2 Å². The number of benzene rings is 3. The number of thiazole rings is 1. The zero-order valence-corrected chi connectivity index (χ0v) is 19.4. The van der Waals surface area contributed by atoms with E-state index in [9.17, 15) is 9.59 Å². The SMILES string of the molecule is COc1cc(C(=O)N(c2nc3ccccc3s2)c2ccccc2C)cc(Cl)c1OCC(N)=O. The summed E-state index contributed by atoms with van der Waals surface area (Å²) in [4.78, 5) is 31.2. The number of methoxy groups -OCH3 is 1. The Kier molecular flexibility index (Phi) is 6.48. The van der Waals surface area contributed by atoms with Crippen molar-refractivity contribution in [2.24, 2.45) is 5.73 Å². The largest absolute Gasteiger partial charge is 0.493 e. The second kappa shape index (κ2) is 9.48. The van der Waals surface area contributed by atoms with Gasteiger partial charge in [-0.15, -0.1) is 0 Å². The molecule has 0 spiro atoms. The number of amides is 2. The maximum atomic E-state index is 13.8. The monoisotopic (exact) mass is 481 g/mol. The number of halogens is 1. The van der Waals surface area contributed by atoms with Crippen LogP contribution in [0.4, 0.5) is 10.8 Å². The van der Waals surface area contributed by atoms with Gasteiger partial charge < -0.3 is 15.2 Å². The topological polar surface area (TPSA) is 94.8 Å². The molecule has 33 heavy (non-hydrogen) atoms. The van der Waals surface area contributed by atoms with Crippen molar-refractivity contribution in [1.82, 2.24) is 4.98 Å². The molecular weight excluding hydrogens is 462 g/mol. The molecule has 7 nitrogen and oxygen atoms in total. The molecule has 168 valence electrons. The summed E-state index contributed by atoms with van der Waals surface area (Å²) in [6.07, 6.45) is 0. The lowest BCUT2D eigenvalue weighted by Gasteiger charge is -2.23. The number of primary amides is 1. The van der Waals surface area contributed by atoms with Crippen LogP contribution >= 0.6 is 22.9 Å². The normalized spacial score (nSPS) is 10.8. The summed E-state index contributed by atoms with van der Waals surface area (Å²) in [6.45, 7) is 1.56. The molecule has 2 N–H and O–H groups in total. The van der Waals surface area contributed by atoms with Gasteiger partial charge in [0.1, 0.15) is 0 Å². The Morgan fingerprint density at radius 1 is 1.12 bits per heavy atom. The highest BCUT2D eigenvalue weighted by molar-refractivity contribution is 7.22. The minimum atomic E-state index is -0.658. The second-order valence-electron chi connectivity index (χ2n) is 7.14. The number of aryl methyl sites for hydroxylation is 1. The Hall–Kier alpha value is -3.62. The Labute approximate surface area is 199 Å². The van der Waals surface area contributed by atoms with E-state index in [1.807, 2.05) is 55.5 Å². The van der Waals surface area contributed by atoms with Gasteiger partial charge in [0.2, 0.25) is 0 Å². The van der Waals surface area contributed by atoms with E-state index >= 15 is 0 Å². The van der Waals surface area contributed by atoms with Gasteiger partial charge in [-0.3, -0.25) is 14.5 Å². The summed E-state index contributed by atoms with van der Waals surface area (Å²) < 4.78 is 11.7. The first kappa shape index (κ1) is 22.6. The van der Waals surface area contributed by atoms with Crippen LogP contribution in [0.5, 0.6) is 11.5 Å². The number of para-hydroxylation sites is 2. The third kappa shape index (κ3) is 4.62. The van der Waals surface area contributed by atoms with Crippen molar-refractivity contribution in [2.75, 3.05) is 18.6 Å². The number of hydrogen-bond acceptors (Lipinski definition) is 6. The van der Waals surface area contributed by atoms with Gasteiger partial charge in [-0.25, -0.2) is 4.98 Å². The molecule has 0 saturated heterocycles. The van der Waals surface area contributed by atoms with E-state index in [-0.39, 0.29) is 34.6 Å². The number of fused-ring (bicyclic) bond motifs is 1. The molecule has 0 aliphatic rings. The van der Waals surface area contributed by atoms with Crippen LogP contribution in [0.1, 0.15) is 15.9 Å². The summed E-state index contributed by atoms with van der Waals surface area (Å²) in [5.41, 5.74) is 7.84. The predicted molar refractivity (Wildman–Crippen MR) is 130 cm³/mol. The maximum Gasteiger partial charge on any atom is 0.264 e. The predicted octanol–water partition coefficient (Wildman–Crippen LogP) is 5.11. The fraction of sp³-hybridized carbons (Fsp3) is 0.125. The third-order valence-electron chi connectivity index (χ3n) is 4.87. The molecule has 0 unspecified atom stereocenters. The van der Waals surface area contributed by atoms with E-state index in [1.54, 1.807) is 4.90 Å². The van der Waals surface area contributed by atoms with Crippen LogP contribution in [-0.2, 0) is 4.79 Å². The van der Waals surface area contributed by atoms with Crippen LogP contribution in [-0.4, -0.2) is 30.5 Å². The zero-order chi connectivity index (χ0) is 23.5. The minimum absolute atomic E-state index is 0.119.